The highest BCUT2D eigenvalue weighted by Crippen LogP contribution is 2.36. The highest BCUT2D eigenvalue weighted by atomic mass is 16.5. The van der Waals surface area contributed by atoms with Crippen LogP contribution in [0.25, 0.3) is 11.3 Å². The minimum absolute atomic E-state index is 0.169. The molecule has 8 nitrogen and oxygen atoms in total. The lowest BCUT2D eigenvalue weighted by atomic mass is 9.77. The van der Waals surface area contributed by atoms with Crippen molar-refractivity contribution >= 4 is 23.7 Å². The molecule has 2 fully saturated rings. The third-order valence-electron chi connectivity index (χ3n) is 6.11. The van der Waals surface area contributed by atoms with Crippen LogP contribution < -0.4 is 10.6 Å². The van der Waals surface area contributed by atoms with Gasteiger partial charge in [-0.15, -0.1) is 0 Å². The van der Waals surface area contributed by atoms with Crippen molar-refractivity contribution in [3.8, 4) is 11.3 Å². The maximum absolute atomic E-state index is 12.9. The fraction of sp³-hybridized carbons (Fsp3) is 0.455. The van der Waals surface area contributed by atoms with E-state index in [0.29, 0.717) is 24.5 Å². The summed E-state index contributed by atoms with van der Waals surface area (Å²) in [6, 6.07) is 9.03. The van der Waals surface area contributed by atoms with E-state index in [4.69, 9.17) is 4.52 Å². The number of amides is 4. The van der Waals surface area contributed by atoms with Gasteiger partial charge in [0.15, 0.2) is 0 Å². The lowest BCUT2D eigenvalue weighted by molar-refractivity contribution is -0.135. The van der Waals surface area contributed by atoms with Crippen LogP contribution in [0.4, 0.5) is 10.7 Å². The number of nitrogens with one attached hydrogen (secondary N) is 2. The van der Waals surface area contributed by atoms with Crippen LogP contribution in [0.1, 0.15) is 45.1 Å². The predicted octanol–water partition coefficient (Wildman–Crippen LogP) is 3.34. The Labute approximate surface area is 175 Å². The van der Waals surface area contributed by atoms with Crippen molar-refractivity contribution in [3.63, 3.8) is 0 Å². The van der Waals surface area contributed by atoms with Gasteiger partial charge in [0.2, 0.25) is 11.8 Å². The topological polar surface area (TPSA) is 105 Å². The molecule has 1 aromatic carbocycles. The number of imide groups is 1. The van der Waals surface area contributed by atoms with Gasteiger partial charge in [-0.1, -0.05) is 43.3 Å². The van der Waals surface area contributed by atoms with Crippen molar-refractivity contribution < 1.29 is 18.9 Å². The molecule has 8 heteroatoms. The van der Waals surface area contributed by atoms with Crippen LogP contribution in [0.5, 0.6) is 0 Å². The zero-order valence-electron chi connectivity index (χ0n) is 17.2. The molecule has 2 aromatic rings. The molecule has 4 rings (SSSR count). The zero-order valence-corrected chi connectivity index (χ0v) is 17.2. The second-order valence-corrected chi connectivity index (χ2v) is 8.26. The van der Waals surface area contributed by atoms with Gasteiger partial charge in [-0.25, -0.2) is 4.79 Å². The summed E-state index contributed by atoms with van der Waals surface area (Å²) in [6.07, 6.45) is 3.93. The molecular formula is C22H26N4O4. The number of nitrogens with zero attached hydrogens (tertiary/aromatic N) is 2. The fourth-order valence-corrected chi connectivity index (χ4v) is 4.12. The Kier molecular flexibility index (Phi) is 5.32. The number of aryl methyl sites for hydroxylation is 1. The van der Waals surface area contributed by atoms with Gasteiger partial charge in [-0.3, -0.25) is 19.8 Å². The molecule has 0 unspecified atom stereocenters. The predicted molar refractivity (Wildman–Crippen MR) is 111 cm³/mol. The second kappa shape index (κ2) is 7.93. The third kappa shape index (κ3) is 3.81. The molecular weight excluding hydrogens is 384 g/mol. The number of carbonyl (C=O) groups is 3. The van der Waals surface area contributed by atoms with E-state index < -0.39 is 17.5 Å². The molecule has 1 spiro atoms. The van der Waals surface area contributed by atoms with Gasteiger partial charge in [0.25, 0.3) is 5.91 Å². The Bertz CT molecular complexity index is 958. The lowest BCUT2D eigenvalue weighted by Gasteiger charge is -2.33. The molecule has 0 atom stereocenters. The summed E-state index contributed by atoms with van der Waals surface area (Å²) in [5.74, 6) is -0.119. The summed E-state index contributed by atoms with van der Waals surface area (Å²) in [7, 11) is 0. The smallest absolute Gasteiger partial charge is 0.325 e. The SMILES string of the molecule is CCc1ccc(-c2cc(NC(=O)CN3C(=O)NC4(CCC(C)CC4)C3=O)on2)cc1. The van der Waals surface area contributed by atoms with Crippen molar-refractivity contribution in [2.45, 2.75) is 51.5 Å². The van der Waals surface area contributed by atoms with Gasteiger partial charge in [-0.2, -0.15) is 0 Å². The fourth-order valence-electron chi connectivity index (χ4n) is 4.12. The molecule has 1 aliphatic carbocycles. The van der Waals surface area contributed by atoms with Gasteiger partial charge in [0.1, 0.15) is 17.8 Å². The van der Waals surface area contributed by atoms with Crippen molar-refractivity contribution in [2.24, 2.45) is 5.92 Å². The zero-order chi connectivity index (χ0) is 21.3. The first-order chi connectivity index (χ1) is 14.4. The Hall–Kier alpha value is -3.16. The summed E-state index contributed by atoms with van der Waals surface area (Å²) in [6.45, 7) is 3.87. The van der Waals surface area contributed by atoms with Gasteiger partial charge in [0, 0.05) is 11.6 Å². The number of rotatable bonds is 5. The van der Waals surface area contributed by atoms with Crippen LogP contribution >= 0.6 is 0 Å². The van der Waals surface area contributed by atoms with E-state index in [1.165, 1.54) is 5.56 Å². The minimum Gasteiger partial charge on any atom is -0.338 e. The molecule has 0 bridgehead atoms. The molecule has 0 radical (unpaired) electrons. The molecule has 1 aliphatic heterocycles. The quantitative estimate of drug-likeness (QED) is 0.736. The van der Waals surface area contributed by atoms with Crippen LogP contribution in [-0.4, -0.2) is 40.0 Å². The highest BCUT2D eigenvalue weighted by molar-refractivity contribution is 6.10. The van der Waals surface area contributed by atoms with Crippen LogP contribution in [0.2, 0.25) is 0 Å². The first kappa shape index (κ1) is 20.1. The van der Waals surface area contributed by atoms with Gasteiger partial charge in [0.05, 0.1) is 0 Å². The number of urea groups is 1. The lowest BCUT2D eigenvalue weighted by Crippen LogP contribution is -2.49. The van der Waals surface area contributed by atoms with Crippen LogP contribution in [0, 0.1) is 5.92 Å². The average molecular weight is 410 g/mol. The van der Waals surface area contributed by atoms with Crippen molar-refractivity contribution in [1.29, 1.82) is 0 Å². The standard InChI is InChI=1S/C22H26N4O4/c1-3-15-4-6-16(7-5-15)17-12-19(30-25-17)23-18(27)13-26-20(28)22(24-21(26)29)10-8-14(2)9-11-22/h4-7,12,14H,3,8-11,13H2,1-2H3,(H,23,27)(H,24,29). The van der Waals surface area contributed by atoms with Crippen molar-refractivity contribution in [2.75, 3.05) is 11.9 Å². The largest absolute Gasteiger partial charge is 0.338 e. The number of hydrogen-bond acceptors (Lipinski definition) is 5. The molecule has 30 heavy (non-hydrogen) atoms. The monoisotopic (exact) mass is 410 g/mol. The maximum atomic E-state index is 12.9. The van der Waals surface area contributed by atoms with Crippen LogP contribution in [0.3, 0.4) is 0 Å². The van der Waals surface area contributed by atoms with Gasteiger partial charge in [-0.05, 0) is 43.6 Å². The summed E-state index contributed by atoms with van der Waals surface area (Å²) >= 11 is 0. The van der Waals surface area contributed by atoms with Crippen molar-refractivity contribution in [3.05, 3.63) is 35.9 Å². The molecule has 1 saturated carbocycles. The molecule has 4 amide bonds. The number of aromatic nitrogens is 1. The van der Waals surface area contributed by atoms with E-state index >= 15 is 0 Å². The van der Waals surface area contributed by atoms with Crippen LogP contribution in [0.15, 0.2) is 34.9 Å². The second-order valence-electron chi connectivity index (χ2n) is 8.26. The summed E-state index contributed by atoms with van der Waals surface area (Å²) in [4.78, 5) is 38.6. The van der Waals surface area contributed by atoms with E-state index in [-0.39, 0.29) is 18.3 Å². The Morgan fingerprint density at radius 2 is 1.97 bits per heavy atom. The third-order valence-corrected chi connectivity index (χ3v) is 6.11. The summed E-state index contributed by atoms with van der Waals surface area (Å²) in [5, 5.41) is 9.38. The Morgan fingerprint density at radius 3 is 2.63 bits per heavy atom. The van der Waals surface area contributed by atoms with Gasteiger partial charge >= 0.3 is 6.03 Å². The van der Waals surface area contributed by atoms with E-state index in [1.54, 1.807) is 6.07 Å². The molecule has 2 heterocycles. The van der Waals surface area contributed by atoms with E-state index in [1.807, 2.05) is 24.3 Å². The average Bonchev–Trinajstić information content (AvgIpc) is 3.29. The first-order valence-corrected chi connectivity index (χ1v) is 10.4. The summed E-state index contributed by atoms with van der Waals surface area (Å²) in [5.41, 5.74) is 1.83. The number of carbonyl (C=O) groups excluding carboxylic acids is 3. The molecule has 158 valence electrons. The first-order valence-electron chi connectivity index (χ1n) is 10.4. The molecule has 1 aromatic heterocycles. The van der Waals surface area contributed by atoms with Crippen LogP contribution in [-0.2, 0) is 16.0 Å². The van der Waals surface area contributed by atoms with Gasteiger partial charge < -0.3 is 9.84 Å². The maximum Gasteiger partial charge on any atom is 0.325 e. The number of hydrogen-bond donors (Lipinski definition) is 2. The Balaban J connectivity index is 1.38. The highest BCUT2D eigenvalue weighted by Gasteiger charge is 2.52. The van der Waals surface area contributed by atoms with E-state index in [0.717, 1.165) is 29.7 Å². The van der Waals surface area contributed by atoms with E-state index in [9.17, 15) is 14.4 Å². The molecule has 1 saturated heterocycles. The Morgan fingerprint density at radius 1 is 1.27 bits per heavy atom. The van der Waals surface area contributed by atoms with E-state index in [2.05, 4.69) is 29.6 Å². The van der Waals surface area contributed by atoms with Crippen molar-refractivity contribution in [1.82, 2.24) is 15.4 Å². The number of anilines is 1. The molecule has 2 aliphatic rings. The number of benzene rings is 1. The minimum atomic E-state index is -0.853. The molecule has 2 N–H and O–H groups in total. The normalized spacial score (nSPS) is 23.7. The summed E-state index contributed by atoms with van der Waals surface area (Å²) < 4.78 is 5.20.